The number of benzene rings is 1. The fourth-order valence-electron chi connectivity index (χ4n) is 3.03. The van der Waals surface area contributed by atoms with E-state index in [0.717, 1.165) is 5.56 Å². The molecule has 0 aliphatic carbocycles. The Morgan fingerprint density at radius 1 is 1.19 bits per heavy atom. The number of likely N-dealkylation sites (tertiary alicyclic amines) is 1. The summed E-state index contributed by atoms with van der Waals surface area (Å²) in [5.74, 6) is -0.301. The van der Waals surface area contributed by atoms with Crippen LogP contribution in [0.1, 0.15) is 59.6 Å². The monoisotopic (exact) mass is 395 g/mol. The molecule has 0 aromatic heterocycles. The van der Waals surface area contributed by atoms with Gasteiger partial charge in [0.05, 0.1) is 12.1 Å². The summed E-state index contributed by atoms with van der Waals surface area (Å²) in [6.45, 7) is 17.0. The molecule has 4 nitrogen and oxygen atoms in total. The summed E-state index contributed by atoms with van der Waals surface area (Å²) in [5.41, 5.74) is 0.198. The average Bonchev–Trinajstić information content (AvgIpc) is 2.87. The summed E-state index contributed by atoms with van der Waals surface area (Å²) in [5, 5.41) is 0.0840. The van der Waals surface area contributed by atoms with Crippen molar-refractivity contribution in [2.24, 2.45) is 0 Å². The van der Waals surface area contributed by atoms with E-state index in [2.05, 4.69) is 33.9 Å². The molecule has 1 aromatic carbocycles. The van der Waals surface area contributed by atoms with Crippen LogP contribution < -0.4 is 0 Å². The lowest BCUT2D eigenvalue weighted by molar-refractivity contribution is 0.0208. The third-order valence-electron chi connectivity index (χ3n) is 5.39. The van der Waals surface area contributed by atoms with E-state index in [1.807, 2.05) is 26.8 Å². The van der Waals surface area contributed by atoms with Gasteiger partial charge in [-0.3, -0.25) is 4.90 Å². The molecular weight excluding hydrogens is 361 g/mol. The first kappa shape index (κ1) is 21.9. The first-order valence-corrected chi connectivity index (χ1v) is 12.5. The Labute approximate surface area is 164 Å². The van der Waals surface area contributed by atoms with Gasteiger partial charge in [0, 0.05) is 6.54 Å². The van der Waals surface area contributed by atoms with Crippen molar-refractivity contribution < 1.29 is 18.3 Å². The largest absolute Gasteiger partial charge is 0.444 e. The number of rotatable bonds is 3. The second-order valence-electron chi connectivity index (χ2n) is 9.94. The van der Waals surface area contributed by atoms with Crippen LogP contribution in [0.25, 0.3) is 0 Å². The van der Waals surface area contributed by atoms with Gasteiger partial charge < -0.3 is 9.16 Å². The maximum absolute atomic E-state index is 13.8. The highest BCUT2D eigenvalue weighted by Gasteiger charge is 2.44. The van der Waals surface area contributed by atoms with Gasteiger partial charge in [-0.2, -0.15) is 0 Å². The fourth-order valence-corrected chi connectivity index (χ4v) is 4.39. The molecule has 0 saturated carbocycles. The molecule has 0 N–H and O–H groups in total. The minimum Gasteiger partial charge on any atom is -0.444 e. The van der Waals surface area contributed by atoms with E-state index < -0.39 is 13.9 Å². The second kappa shape index (κ2) is 7.55. The predicted molar refractivity (Wildman–Crippen MR) is 109 cm³/mol. The average molecular weight is 396 g/mol. The van der Waals surface area contributed by atoms with E-state index in [1.54, 1.807) is 11.0 Å². The molecule has 1 unspecified atom stereocenters. The van der Waals surface area contributed by atoms with Crippen LogP contribution in [0.4, 0.5) is 9.18 Å². The SMILES string of the molecule is CC(C)(C)OC(=O)N1C[C@H](O[Si](C)(C)C(C)(C)C)CC1c1cccc(F)c1. The van der Waals surface area contributed by atoms with Crippen molar-refractivity contribution in [2.45, 2.75) is 83.8 Å². The molecule has 152 valence electrons. The van der Waals surface area contributed by atoms with Crippen LogP contribution in [0, 0.1) is 5.82 Å². The summed E-state index contributed by atoms with van der Waals surface area (Å²) in [6.07, 6.45) is 0.194. The van der Waals surface area contributed by atoms with Gasteiger partial charge in [0.15, 0.2) is 8.32 Å². The lowest BCUT2D eigenvalue weighted by Gasteiger charge is -2.38. The number of carbonyl (C=O) groups excluding carboxylic acids is 1. The van der Waals surface area contributed by atoms with E-state index >= 15 is 0 Å². The molecule has 1 heterocycles. The van der Waals surface area contributed by atoms with Gasteiger partial charge in [0.25, 0.3) is 0 Å². The van der Waals surface area contributed by atoms with Crippen LogP contribution in [0.2, 0.25) is 18.1 Å². The number of hydrogen-bond donors (Lipinski definition) is 0. The quantitative estimate of drug-likeness (QED) is 0.598. The van der Waals surface area contributed by atoms with Crippen LogP contribution in [0.3, 0.4) is 0 Å². The maximum atomic E-state index is 13.8. The molecular formula is C21H34FNO3Si. The number of ether oxygens (including phenoxy) is 1. The molecule has 2 atom stereocenters. The van der Waals surface area contributed by atoms with Crippen molar-refractivity contribution in [1.82, 2.24) is 4.90 Å². The Hall–Kier alpha value is -1.40. The molecule has 1 saturated heterocycles. The molecule has 1 fully saturated rings. The van der Waals surface area contributed by atoms with E-state index in [4.69, 9.17) is 9.16 Å². The number of amides is 1. The molecule has 0 spiro atoms. The van der Waals surface area contributed by atoms with Gasteiger partial charge in [-0.1, -0.05) is 32.9 Å². The van der Waals surface area contributed by atoms with Gasteiger partial charge in [0.2, 0.25) is 0 Å². The first-order chi connectivity index (χ1) is 12.2. The zero-order valence-corrected chi connectivity index (χ0v) is 18.9. The minimum absolute atomic E-state index is 0.0772. The molecule has 2 rings (SSSR count). The summed E-state index contributed by atoms with van der Waals surface area (Å²) >= 11 is 0. The third-order valence-corrected chi connectivity index (χ3v) is 9.93. The lowest BCUT2D eigenvalue weighted by Crippen LogP contribution is -2.45. The molecule has 0 radical (unpaired) electrons. The Morgan fingerprint density at radius 3 is 2.33 bits per heavy atom. The van der Waals surface area contributed by atoms with Gasteiger partial charge in [0.1, 0.15) is 11.4 Å². The van der Waals surface area contributed by atoms with Gasteiger partial charge >= 0.3 is 6.09 Å². The van der Waals surface area contributed by atoms with Crippen LogP contribution in [0.5, 0.6) is 0 Å². The van der Waals surface area contributed by atoms with Gasteiger partial charge in [-0.15, -0.1) is 0 Å². The topological polar surface area (TPSA) is 38.8 Å². The summed E-state index contributed by atoms with van der Waals surface area (Å²) in [7, 11) is -1.98. The number of carbonyl (C=O) groups is 1. The molecule has 27 heavy (non-hydrogen) atoms. The van der Waals surface area contributed by atoms with Crippen LogP contribution in [-0.2, 0) is 9.16 Å². The predicted octanol–water partition coefficient (Wildman–Crippen LogP) is 5.90. The number of hydrogen-bond acceptors (Lipinski definition) is 3. The van der Waals surface area contributed by atoms with Gasteiger partial charge in [-0.25, -0.2) is 9.18 Å². The van der Waals surface area contributed by atoms with Crippen molar-refractivity contribution in [3.8, 4) is 0 Å². The smallest absolute Gasteiger partial charge is 0.410 e. The summed E-state index contributed by atoms with van der Waals surface area (Å²) < 4.78 is 25.9. The van der Waals surface area contributed by atoms with E-state index in [1.165, 1.54) is 12.1 Å². The van der Waals surface area contributed by atoms with Crippen molar-refractivity contribution in [3.05, 3.63) is 35.6 Å². The van der Waals surface area contributed by atoms with Crippen molar-refractivity contribution in [2.75, 3.05) is 6.54 Å². The molecule has 0 bridgehead atoms. The first-order valence-electron chi connectivity index (χ1n) is 9.62. The lowest BCUT2D eigenvalue weighted by atomic mass is 10.0. The Kier molecular flexibility index (Phi) is 6.12. The Bertz CT molecular complexity index is 679. The van der Waals surface area contributed by atoms with Crippen LogP contribution in [-0.4, -0.2) is 37.6 Å². The third kappa shape index (κ3) is 5.54. The highest BCUT2D eigenvalue weighted by molar-refractivity contribution is 6.74. The van der Waals surface area contributed by atoms with E-state index in [9.17, 15) is 9.18 Å². The van der Waals surface area contributed by atoms with Crippen molar-refractivity contribution in [3.63, 3.8) is 0 Å². The molecule has 1 aliphatic heterocycles. The molecule has 6 heteroatoms. The van der Waals surface area contributed by atoms with Gasteiger partial charge in [-0.05, 0) is 63.0 Å². The molecule has 1 amide bonds. The molecule has 1 aliphatic rings. The normalized spacial score (nSPS) is 21.4. The standard InChI is InChI=1S/C21H34FNO3Si/c1-20(2,3)25-19(24)23-14-17(26-27(7,8)21(4,5)6)13-18(23)15-10-9-11-16(22)12-15/h9-12,17-18H,13-14H2,1-8H3/t17-,18?/m1/s1. The summed E-state index contributed by atoms with van der Waals surface area (Å²) in [4.78, 5) is 14.5. The van der Waals surface area contributed by atoms with Crippen LogP contribution in [0.15, 0.2) is 24.3 Å². The zero-order chi connectivity index (χ0) is 20.6. The van der Waals surface area contributed by atoms with E-state index in [-0.39, 0.29) is 29.1 Å². The van der Waals surface area contributed by atoms with E-state index in [0.29, 0.717) is 13.0 Å². The number of halogens is 1. The summed E-state index contributed by atoms with van der Waals surface area (Å²) in [6, 6.07) is 6.21. The Balaban J connectivity index is 2.27. The molecule has 1 aromatic rings. The van der Waals surface area contributed by atoms with Crippen LogP contribution >= 0.6 is 0 Å². The zero-order valence-electron chi connectivity index (χ0n) is 17.9. The fraction of sp³-hybridized carbons (Fsp3) is 0.667. The maximum Gasteiger partial charge on any atom is 0.410 e. The Morgan fingerprint density at radius 2 is 1.81 bits per heavy atom. The highest BCUT2D eigenvalue weighted by Crippen LogP contribution is 2.41. The highest BCUT2D eigenvalue weighted by atomic mass is 28.4. The minimum atomic E-state index is -1.98. The van der Waals surface area contributed by atoms with Crippen molar-refractivity contribution in [1.29, 1.82) is 0 Å². The number of nitrogens with zero attached hydrogens (tertiary/aromatic N) is 1. The second-order valence-corrected chi connectivity index (χ2v) is 14.7. The van der Waals surface area contributed by atoms with Crippen molar-refractivity contribution >= 4 is 14.4 Å².